The number of ether oxygens (including phenoxy) is 3. The highest BCUT2D eigenvalue weighted by atomic mass is 16.7. The Bertz CT molecular complexity index is 1100. The summed E-state index contributed by atoms with van der Waals surface area (Å²) in [6.07, 6.45) is 1.72. The molecule has 7 nitrogen and oxygen atoms in total. The molecule has 7 heteroatoms. The lowest BCUT2D eigenvalue weighted by molar-refractivity contribution is -0.0969. The van der Waals surface area contributed by atoms with E-state index in [1.807, 2.05) is 55.1 Å². The van der Waals surface area contributed by atoms with Crippen LogP contribution in [0.3, 0.4) is 0 Å². The second kappa shape index (κ2) is 8.92. The zero-order valence-corrected chi connectivity index (χ0v) is 18.5. The van der Waals surface area contributed by atoms with Gasteiger partial charge in [-0.3, -0.25) is 4.79 Å². The molecule has 2 aromatic carbocycles. The van der Waals surface area contributed by atoms with Gasteiger partial charge in [-0.15, -0.1) is 0 Å². The molecule has 5 rings (SSSR count). The lowest BCUT2D eigenvalue weighted by atomic mass is 9.96. The fourth-order valence-electron chi connectivity index (χ4n) is 4.60. The number of aryl methyl sites for hydroxylation is 2. The van der Waals surface area contributed by atoms with Gasteiger partial charge in [-0.05, 0) is 49.6 Å². The highest BCUT2D eigenvalue weighted by molar-refractivity contribution is 6.01. The number of carbonyl (C=O) groups is 1. The molecule has 2 saturated heterocycles. The topological polar surface area (TPSA) is 74.0 Å². The molecule has 0 aliphatic carbocycles. The summed E-state index contributed by atoms with van der Waals surface area (Å²) in [7, 11) is 0. The maximum atomic E-state index is 13.7. The van der Waals surface area contributed by atoms with E-state index in [1.54, 1.807) is 0 Å². The number of amides is 1. The number of rotatable bonds is 5. The standard InChI is InChI=1S/C25H28N2O5/c1-16-22(17(2)32-26-16)15-31-23-13-19-7-4-3-6-18(19)12-21(23)24(28)27-9-5-8-20(14-27)25-29-10-11-30-25/h3-4,6-7,12-13,20,25H,5,8-11,14-15H2,1-2H3. The number of hydrogen-bond donors (Lipinski definition) is 0. The van der Waals surface area contributed by atoms with Crippen molar-refractivity contribution >= 4 is 16.7 Å². The van der Waals surface area contributed by atoms with E-state index >= 15 is 0 Å². The smallest absolute Gasteiger partial charge is 0.257 e. The number of benzene rings is 2. The van der Waals surface area contributed by atoms with Gasteiger partial charge in [0.15, 0.2) is 6.29 Å². The second-order valence-electron chi connectivity index (χ2n) is 8.55. The van der Waals surface area contributed by atoms with Crippen molar-refractivity contribution in [3.05, 3.63) is 59.0 Å². The van der Waals surface area contributed by atoms with E-state index in [0.29, 0.717) is 37.7 Å². The van der Waals surface area contributed by atoms with Crippen LogP contribution in [-0.2, 0) is 16.1 Å². The molecule has 0 bridgehead atoms. The number of piperidine rings is 1. The number of hydrogen-bond acceptors (Lipinski definition) is 6. The highest BCUT2D eigenvalue weighted by Gasteiger charge is 2.34. The average molecular weight is 437 g/mol. The van der Waals surface area contributed by atoms with Gasteiger partial charge in [0.05, 0.1) is 30.0 Å². The summed E-state index contributed by atoms with van der Waals surface area (Å²) in [5, 5.41) is 6.04. The second-order valence-corrected chi connectivity index (χ2v) is 8.55. The maximum absolute atomic E-state index is 13.7. The summed E-state index contributed by atoms with van der Waals surface area (Å²) in [5.41, 5.74) is 2.28. The first kappa shape index (κ1) is 21.0. The quantitative estimate of drug-likeness (QED) is 0.595. The Labute approximate surface area is 187 Å². The van der Waals surface area contributed by atoms with Gasteiger partial charge >= 0.3 is 0 Å². The predicted octanol–water partition coefficient (Wildman–Crippen LogP) is 4.25. The zero-order chi connectivity index (χ0) is 22.1. The Morgan fingerprint density at radius 2 is 1.91 bits per heavy atom. The molecule has 0 radical (unpaired) electrons. The third-order valence-electron chi connectivity index (χ3n) is 6.41. The van der Waals surface area contributed by atoms with Crippen molar-refractivity contribution < 1.29 is 23.5 Å². The third-order valence-corrected chi connectivity index (χ3v) is 6.41. The monoisotopic (exact) mass is 436 g/mol. The molecule has 2 aliphatic rings. The van der Waals surface area contributed by atoms with Crippen LogP contribution in [0, 0.1) is 19.8 Å². The van der Waals surface area contributed by atoms with E-state index in [4.69, 9.17) is 18.7 Å². The molecule has 2 aliphatic heterocycles. The van der Waals surface area contributed by atoms with Crippen LogP contribution < -0.4 is 4.74 Å². The molecule has 1 aromatic heterocycles. The van der Waals surface area contributed by atoms with Crippen LogP contribution in [0.4, 0.5) is 0 Å². The third kappa shape index (κ3) is 4.10. The van der Waals surface area contributed by atoms with E-state index in [1.165, 1.54) is 0 Å². The van der Waals surface area contributed by atoms with E-state index in [-0.39, 0.29) is 18.1 Å². The molecule has 1 amide bonds. The molecule has 0 N–H and O–H groups in total. The van der Waals surface area contributed by atoms with Gasteiger partial charge in [-0.25, -0.2) is 0 Å². The van der Waals surface area contributed by atoms with Crippen molar-refractivity contribution in [1.29, 1.82) is 0 Å². The molecule has 0 spiro atoms. The van der Waals surface area contributed by atoms with Crippen molar-refractivity contribution in [3.8, 4) is 5.75 Å². The van der Waals surface area contributed by atoms with E-state index in [2.05, 4.69) is 5.16 Å². The number of carbonyl (C=O) groups excluding carboxylic acids is 1. The lowest BCUT2D eigenvalue weighted by Gasteiger charge is -2.35. The predicted molar refractivity (Wildman–Crippen MR) is 119 cm³/mol. The summed E-state index contributed by atoms with van der Waals surface area (Å²) in [6, 6.07) is 11.9. The lowest BCUT2D eigenvalue weighted by Crippen LogP contribution is -2.44. The van der Waals surface area contributed by atoms with Gasteiger partial charge in [0.25, 0.3) is 5.91 Å². The summed E-state index contributed by atoms with van der Waals surface area (Å²) >= 11 is 0. The molecule has 1 atom stereocenters. The van der Waals surface area contributed by atoms with Crippen LogP contribution in [-0.4, -0.2) is 48.6 Å². The largest absolute Gasteiger partial charge is 0.488 e. The van der Waals surface area contributed by atoms with Gasteiger partial charge in [-0.1, -0.05) is 29.4 Å². The maximum Gasteiger partial charge on any atom is 0.257 e. The average Bonchev–Trinajstić information content (AvgIpc) is 3.47. The van der Waals surface area contributed by atoms with Crippen LogP contribution in [0.15, 0.2) is 40.9 Å². The molecule has 2 fully saturated rings. The summed E-state index contributed by atoms with van der Waals surface area (Å²) in [6.45, 7) is 6.65. The Morgan fingerprint density at radius 3 is 2.62 bits per heavy atom. The van der Waals surface area contributed by atoms with E-state index in [9.17, 15) is 4.79 Å². The summed E-state index contributed by atoms with van der Waals surface area (Å²) < 4.78 is 22.9. The van der Waals surface area contributed by atoms with Crippen LogP contribution in [0.25, 0.3) is 10.8 Å². The van der Waals surface area contributed by atoms with Gasteiger partial charge in [0.1, 0.15) is 18.1 Å². The molecule has 1 unspecified atom stereocenters. The summed E-state index contributed by atoms with van der Waals surface area (Å²) in [4.78, 5) is 15.6. The van der Waals surface area contributed by atoms with Crippen molar-refractivity contribution in [3.63, 3.8) is 0 Å². The van der Waals surface area contributed by atoms with Crippen molar-refractivity contribution in [1.82, 2.24) is 10.1 Å². The minimum atomic E-state index is -0.211. The minimum Gasteiger partial charge on any atom is -0.488 e. The fraction of sp³-hybridized carbons (Fsp3) is 0.440. The number of likely N-dealkylation sites (tertiary alicyclic amines) is 1. The van der Waals surface area contributed by atoms with Gasteiger partial charge in [-0.2, -0.15) is 0 Å². The van der Waals surface area contributed by atoms with E-state index in [0.717, 1.165) is 47.2 Å². The zero-order valence-electron chi connectivity index (χ0n) is 18.5. The first-order valence-corrected chi connectivity index (χ1v) is 11.2. The fourth-order valence-corrected chi connectivity index (χ4v) is 4.60. The Kier molecular flexibility index (Phi) is 5.85. The summed E-state index contributed by atoms with van der Waals surface area (Å²) in [5.74, 6) is 1.48. The van der Waals surface area contributed by atoms with Crippen molar-refractivity contribution in [2.75, 3.05) is 26.3 Å². The van der Waals surface area contributed by atoms with Gasteiger partial charge < -0.3 is 23.6 Å². The van der Waals surface area contributed by atoms with Crippen molar-refractivity contribution in [2.45, 2.75) is 39.6 Å². The molecule has 3 heterocycles. The van der Waals surface area contributed by atoms with Gasteiger partial charge in [0, 0.05) is 19.0 Å². The first-order chi connectivity index (χ1) is 15.6. The van der Waals surface area contributed by atoms with Crippen LogP contribution in [0.2, 0.25) is 0 Å². The molecule has 0 saturated carbocycles. The van der Waals surface area contributed by atoms with Crippen LogP contribution in [0.1, 0.15) is 40.2 Å². The Hall–Kier alpha value is -2.90. The minimum absolute atomic E-state index is 0.0211. The molecule has 168 valence electrons. The molecular weight excluding hydrogens is 408 g/mol. The molecule has 32 heavy (non-hydrogen) atoms. The van der Waals surface area contributed by atoms with Gasteiger partial charge in [0.2, 0.25) is 0 Å². The highest BCUT2D eigenvalue weighted by Crippen LogP contribution is 2.31. The van der Waals surface area contributed by atoms with Crippen LogP contribution in [0.5, 0.6) is 5.75 Å². The van der Waals surface area contributed by atoms with E-state index < -0.39 is 0 Å². The first-order valence-electron chi connectivity index (χ1n) is 11.2. The Morgan fingerprint density at radius 1 is 1.16 bits per heavy atom. The SMILES string of the molecule is Cc1noc(C)c1COc1cc2ccccc2cc1C(=O)N1CCCC(C2OCCO2)C1. The molecular formula is C25H28N2O5. The normalized spacial score (nSPS) is 19.6. The van der Waals surface area contributed by atoms with Crippen LogP contribution >= 0.6 is 0 Å². The number of fused-ring (bicyclic) bond motifs is 1. The molecule has 3 aromatic rings. The number of aromatic nitrogens is 1. The Balaban J connectivity index is 1.43. The number of nitrogens with zero attached hydrogens (tertiary/aromatic N) is 2. The van der Waals surface area contributed by atoms with Crippen molar-refractivity contribution in [2.24, 2.45) is 5.92 Å².